The molecule has 1 amide bonds. The molecule has 4 heterocycles. The molecule has 2 aromatic heterocycles. The topological polar surface area (TPSA) is 99.3 Å². The van der Waals surface area contributed by atoms with Gasteiger partial charge in [-0.3, -0.25) is 9.89 Å². The smallest absolute Gasteiger partial charge is 0.318 e. The number of nitrogens with zero attached hydrogens (tertiary/aromatic N) is 5. The van der Waals surface area contributed by atoms with Crippen LogP contribution in [0.3, 0.4) is 0 Å². The van der Waals surface area contributed by atoms with Gasteiger partial charge in [-0.25, -0.2) is 4.98 Å². The van der Waals surface area contributed by atoms with Crippen LogP contribution in [0.4, 0.5) is 11.6 Å². The van der Waals surface area contributed by atoms with Crippen molar-refractivity contribution in [3.05, 3.63) is 58.9 Å². The molecule has 2 aliphatic heterocycles. The van der Waals surface area contributed by atoms with Crippen molar-refractivity contribution in [2.45, 2.75) is 58.2 Å². The highest BCUT2D eigenvalue weighted by Crippen LogP contribution is 2.31. The molecule has 0 aliphatic carbocycles. The van der Waals surface area contributed by atoms with Crippen molar-refractivity contribution in [2.24, 2.45) is 0 Å². The quantitative estimate of drug-likeness (QED) is 0.580. The maximum Gasteiger partial charge on any atom is 0.318 e. The minimum Gasteiger partial charge on any atom is -0.460 e. The van der Waals surface area contributed by atoms with Crippen LogP contribution in [0.15, 0.2) is 36.5 Å². The minimum absolute atomic E-state index is 0.0433. The molecule has 35 heavy (non-hydrogen) atoms. The Kier molecular flexibility index (Phi) is 6.19. The van der Waals surface area contributed by atoms with E-state index in [9.17, 15) is 4.79 Å². The van der Waals surface area contributed by atoms with Crippen molar-refractivity contribution >= 4 is 17.5 Å². The maximum absolute atomic E-state index is 12.9. The van der Waals surface area contributed by atoms with E-state index in [2.05, 4.69) is 63.1 Å². The molecule has 0 atom stereocenters. The Morgan fingerprint density at radius 1 is 1.11 bits per heavy atom. The summed E-state index contributed by atoms with van der Waals surface area (Å²) in [4.78, 5) is 26.3. The number of benzene rings is 1. The number of rotatable bonds is 5. The number of nitrogens with one attached hydrogen (secondary N) is 2. The van der Waals surface area contributed by atoms with Crippen LogP contribution >= 0.6 is 0 Å². The largest absolute Gasteiger partial charge is 0.460 e. The van der Waals surface area contributed by atoms with Crippen molar-refractivity contribution in [1.29, 1.82) is 0 Å². The second kappa shape index (κ2) is 9.30. The summed E-state index contributed by atoms with van der Waals surface area (Å²) in [6.07, 6.45) is 3.84. The van der Waals surface area contributed by atoms with Crippen LogP contribution in [-0.2, 0) is 18.5 Å². The maximum atomic E-state index is 12.9. The molecule has 0 radical (unpaired) electrons. The fourth-order valence-electron chi connectivity index (χ4n) is 4.52. The summed E-state index contributed by atoms with van der Waals surface area (Å²) in [5.41, 5.74) is 3.72. The number of hydrogen-bond acceptors (Lipinski definition) is 7. The number of aromatic nitrogens is 4. The highest BCUT2D eigenvalue weighted by Gasteiger charge is 2.28. The molecule has 1 saturated heterocycles. The summed E-state index contributed by atoms with van der Waals surface area (Å²) in [6, 6.07) is 10.0. The second-order valence-corrected chi connectivity index (χ2v) is 10.5. The molecule has 5 rings (SSSR count). The Bertz CT molecular complexity index is 1190. The molecule has 9 nitrogen and oxygen atoms in total. The van der Waals surface area contributed by atoms with E-state index >= 15 is 0 Å². The fourth-order valence-corrected chi connectivity index (χ4v) is 4.52. The summed E-state index contributed by atoms with van der Waals surface area (Å²) in [6.45, 7) is 9.71. The second-order valence-electron chi connectivity index (χ2n) is 10.5. The Balaban J connectivity index is 1.24. The van der Waals surface area contributed by atoms with E-state index in [4.69, 9.17) is 4.74 Å². The van der Waals surface area contributed by atoms with Crippen molar-refractivity contribution in [2.75, 3.05) is 30.4 Å². The first kappa shape index (κ1) is 23.3. The first-order valence-corrected chi connectivity index (χ1v) is 12.2. The summed E-state index contributed by atoms with van der Waals surface area (Å²) in [7, 11) is 2.13. The number of carbonyl (C=O) groups excluding carboxylic acids is 1. The van der Waals surface area contributed by atoms with Gasteiger partial charge in [0, 0.05) is 30.4 Å². The van der Waals surface area contributed by atoms with Gasteiger partial charge in [-0.1, -0.05) is 32.9 Å². The molecule has 2 aliphatic rings. The monoisotopic (exact) mass is 475 g/mol. The molecule has 2 N–H and O–H groups in total. The number of ether oxygens (including phenoxy) is 1. The van der Waals surface area contributed by atoms with Crippen LogP contribution in [0, 0.1) is 0 Å². The lowest BCUT2D eigenvalue weighted by molar-refractivity contribution is 0.102. The van der Waals surface area contributed by atoms with Crippen molar-refractivity contribution in [3.8, 4) is 6.01 Å². The molecule has 184 valence electrons. The van der Waals surface area contributed by atoms with E-state index in [1.54, 1.807) is 6.20 Å². The first-order valence-electron chi connectivity index (χ1n) is 12.2. The van der Waals surface area contributed by atoms with E-state index < -0.39 is 0 Å². The highest BCUT2D eigenvalue weighted by molar-refractivity contribution is 6.04. The number of H-pyrrole nitrogens is 1. The predicted molar refractivity (Wildman–Crippen MR) is 135 cm³/mol. The molecule has 3 aromatic rings. The number of aromatic amines is 1. The summed E-state index contributed by atoms with van der Waals surface area (Å²) in [5, 5.41) is 10.4. The first-order chi connectivity index (χ1) is 16.8. The lowest BCUT2D eigenvalue weighted by Crippen LogP contribution is -2.36. The Labute approximate surface area is 205 Å². The van der Waals surface area contributed by atoms with Gasteiger partial charge in [0.2, 0.25) is 0 Å². The average Bonchev–Trinajstić information content (AvgIpc) is 3.42. The number of anilines is 2. The van der Waals surface area contributed by atoms with Gasteiger partial charge in [-0.15, -0.1) is 0 Å². The third-order valence-electron chi connectivity index (χ3n) is 6.77. The van der Waals surface area contributed by atoms with Gasteiger partial charge in [0.1, 0.15) is 17.7 Å². The van der Waals surface area contributed by atoms with E-state index in [0.29, 0.717) is 30.5 Å². The normalized spacial score (nSPS) is 16.9. The number of hydrogen-bond donors (Lipinski definition) is 2. The van der Waals surface area contributed by atoms with Gasteiger partial charge in [0.25, 0.3) is 5.91 Å². The lowest BCUT2D eigenvalue weighted by Gasteiger charge is -2.28. The molecule has 9 heteroatoms. The number of carbonyl (C=O) groups is 1. The van der Waals surface area contributed by atoms with Crippen LogP contribution in [0.5, 0.6) is 6.01 Å². The fraction of sp³-hybridized carbons (Fsp3) is 0.462. The SMILES string of the molecule is CN1CCC(Oc2nccc(N3Cc4n[nH]c(NC(=O)c5ccc(C(C)(C)C)cc5)c4C3)n2)CC1. The zero-order chi connectivity index (χ0) is 24.6. The van der Waals surface area contributed by atoms with Crippen LogP contribution in [-0.4, -0.2) is 57.2 Å². The van der Waals surface area contributed by atoms with Crippen molar-refractivity contribution < 1.29 is 9.53 Å². The van der Waals surface area contributed by atoms with E-state index in [1.807, 2.05) is 30.3 Å². The van der Waals surface area contributed by atoms with Crippen LogP contribution in [0.1, 0.15) is 60.8 Å². The zero-order valence-electron chi connectivity index (χ0n) is 20.8. The van der Waals surface area contributed by atoms with E-state index in [0.717, 1.165) is 43.0 Å². The third-order valence-corrected chi connectivity index (χ3v) is 6.77. The van der Waals surface area contributed by atoms with Crippen LogP contribution in [0.25, 0.3) is 0 Å². The Hall–Kier alpha value is -3.46. The van der Waals surface area contributed by atoms with Crippen LogP contribution in [0.2, 0.25) is 0 Å². The molecular formula is C26H33N7O2. The Morgan fingerprint density at radius 2 is 1.86 bits per heavy atom. The Morgan fingerprint density at radius 3 is 2.57 bits per heavy atom. The summed E-state index contributed by atoms with van der Waals surface area (Å²) in [5.74, 6) is 1.26. The number of piperidine rings is 1. The number of fused-ring (bicyclic) bond motifs is 1. The highest BCUT2D eigenvalue weighted by atomic mass is 16.5. The van der Waals surface area contributed by atoms with Gasteiger partial charge in [-0.05, 0) is 49.1 Å². The average molecular weight is 476 g/mol. The lowest BCUT2D eigenvalue weighted by atomic mass is 9.87. The van der Waals surface area contributed by atoms with Gasteiger partial charge in [0.05, 0.1) is 18.8 Å². The molecule has 1 aromatic carbocycles. The molecule has 0 bridgehead atoms. The predicted octanol–water partition coefficient (Wildman–Crippen LogP) is 3.74. The zero-order valence-corrected chi connectivity index (χ0v) is 20.8. The summed E-state index contributed by atoms with van der Waals surface area (Å²) >= 11 is 0. The van der Waals surface area contributed by atoms with Crippen molar-refractivity contribution in [3.63, 3.8) is 0 Å². The standard InChI is InChI=1S/C26H33N7O2/c1-26(2,3)18-7-5-17(6-8-18)24(34)29-23-20-15-33(16-21(20)30-31-23)22-9-12-27-25(28-22)35-19-10-13-32(4)14-11-19/h5-9,12,19H,10-11,13-16H2,1-4H3,(H2,29,30,31,34). The van der Waals surface area contributed by atoms with Gasteiger partial charge in [0.15, 0.2) is 0 Å². The number of amides is 1. The third kappa shape index (κ3) is 5.14. The van der Waals surface area contributed by atoms with E-state index in [1.165, 1.54) is 5.56 Å². The molecule has 1 fully saturated rings. The van der Waals surface area contributed by atoms with Gasteiger partial charge in [-0.2, -0.15) is 10.1 Å². The number of likely N-dealkylation sites (tertiary alicyclic amines) is 1. The summed E-state index contributed by atoms with van der Waals surface area (Å²) < 4.78 is 6.06. The molecule has 0 unspecified atom stereocenters. The molecule has 0 spiro atoms. The van der Waals surface area contributed by atoms with Crippen LogP contribution < -0.4 is 15.0 Å². The van der Waals surface area contributed by atoms with Gasteiger partial charge < -0.3 is 19.9 Å². The van der Waals surface area contributed by atoms with Gasteiger partial charge >= 0.3 is 6.01 Å². The van der Waals surface area contributed by atoms with E-state index in [-0.39, 0.29) is 17.4 Å². The minimum atomic E-state index is -0.161. The molecular weight excluding hydrogens is 442 g/mol. The van der Waals surface area contributed by atoms with Crippen molar-refractivity contribution in [1.82, 2.24) is 25.1 Å². The molecule has 0 saturated carbocycles.